The molecule has 0 fully saturated rings. The van der Waals surface area contributed by atoms with Gasteiger partial charge in [-0.25, -0.2) is 10.8 Å². The van der Waals surface area contributed by atoms with Gasteiger partial charge in [0.15, 0.2) is 0 Å². The van der Waals surface area contributed by atoms with Crippen LogP contribution in [-0.2, 0) is 6.42 Å². The molecule has 0 saturated carbocycles. The van der Waals surface area contributed by atoms with Crippen LogP contribution in [0.25, 0.3) is 0 Å². The molecule has 0 amide bonds. The first-order chi connectivity index (χ1) is 10.0. The molecular weight excluding hydrogens is 400 g/mol. The zero-order chi connectivity index (χ0) is 15.4. The van der Waals surface area contributed by atoms with Gasteiger partial charge in [-0.05, 0) is 47.5 Å². The highest BCUT2D eigenvalue weighted by atomic mass is 79.9. The van der Waals surface area contributed by atoms with Crippen LogP contribution in [0.3, 0.4) is 0 Å². The average molecular weight is 416 g/mol. The van der Waals surface area contributed by atoms with Crippen LogP contribution in [0.2, 0.25) is 0 Å². The Morgan fingerprint density at radius 3 is 2.67 bits per heavy atom. The molecule has 0 aliphatic carbocycles. The predicted octanol–water partition coefficient (Wildman–Crippen LogP) is 4.34. The number of hydrazine groups is 1. The second-order valence-corrected chi connectivity index (χ2v) is 6.26. The summed E-state index contributed by atoms with van der Waals surface area (Å²) in [6, 6.07) is 5.69. The summed E-state index contributed by atoms with van der Waals surface area (Å²) >= 11 is 6.89. The summed E-state index contributed by atoms with van der Waals surface area (Å²) in [7, 11) is 0. The van der Waals surface area contributed by atoms with Gasteiger partial charge >= 0.3 is 0 Å². The van der Waals surface area contributed by atoms with E-state index in [1.165, 1.54) is 0 Å². The van der Waals surface area contributed by atoms with Crippen LogP contribution in [0.15, 0.2) is 27.1 Å². The summed E-state index contributed by atoms with van der Waals surface area (Å²) in [6.07, 6.45) is 1.72. The first-order valence-electron chi connectivity index (χ1n) is 6.52. The first-order valence-corrected chi connectivity index (χ1v) is 8.10. The number of ether oxygens (including phenoxy) is 1. The third-order valence-electron chi connectivity index (χ3n) is 2.86. The lowest BCUT2D eigenvalue weighted by atomic mass is 10.3. The van der Waals surface area contributed by atoms with Gasteiger partial charge in [0.2, 0.25) is 5.88 Å². The number of nitrogen functional groups attached to an aromatic ring is 1. The van der Waals surface area contributed by atoms with Crippen molar-refractivity contribution in [1.82, 2.24) is 9.97 Å². The van der Waals surface area contributed by atoms with Crippen LogP contribution in [-0.4, -0.2) is 9.97 Å². The molecule has 0 radical (unpaired) electrons. The number of aromatic nitrogens is 2. The molecular formula is C14H16Br2N4O. The Kier molecular flexibility index (Phi) is 5.55. The summed E-state index contributed by atoms with van der Waals surface area (Å²) in [6.45, 7) is 3.94. The number of nitrogens with two attached hydrogens (primary N) is 1. The number of aryl methyl sites for hydroxylation is 1. The van der Waals surface area contributed by atoms with Crippen molar-refractivity contribution in [3.8, 4) is 11.6 Å². The predicted molar refractivity (Wildman–Crippen MR) is 90.5 cm³/mol. The Balaban J connectivity index is 2.40. The van der Waals surface area contributed by atoms with Crippen LogP contribution >= 0.6 is 31.9 Å². The molecule has 1 aromatic carbocycles. The number of halogens is 2. The number of rotatable bonds is 5. The van der Waals surface area contributed by atoms with E-state index in [4.69, 9.17) is 10.6 Å². The number of nitrogens with zero attached hydrogens (tertiary/aromatic N) is 2. The molecule has 7 heteroatoms. The van der Waals surface area contributed by atoms with E-state index in [0.717, 1.165) is 27.4 Å². The van der Waals surface area contributed by atoms with Crippen LogP contribution < -0.4 is 16.0 Å². The third-order valence-corrected chi connectivity index (χ3v) is 3.97. The van der Waals surface area contributed by atoms with E-state index in [0.29, 0.717) is 23.3 Å². The van der Waals surface area contributed by atoms with E-state index in [1.54, 1.807) is 0 Å². The van der Waals surface area contributed by atoms with E-state index in [2.05, 4.69) is 54.2 Å². The number of hydrogen-bond donors (Lipinski definition) is 2. The molecule has 1 aromatic heterocycles. The van der Waals surface area contributed by atoms with Gasteiger partial charge in [-0.3, -0.25) is 0 Å². The molecule has 0 saturated heterocycles. The number of hydrogen-bond acceptors (Lipinski definition) is 5. The third kappa shape index (κ3) is 3.93. The molecule has 3 N–H and O–H groups in total. The zero-order valence-corrected chi connectivity index (χ0v) is 15.0. The molecule has 0 unspecified atom stereocenters. The van der Waals surface area contributed by atoms with Crippen molar-refractivity contribution in [2.24, 2.45) is 5.84 Å². The second-order valence-electron chi connectivity index (χ2n) is 4.49. The van der Waals surface area contributed by atoms with Gasteiger partial charge in [-0.2, -0.15) is 4.98 Å². The van der Waals surface area contributed by atoms with E-state index < -0.39 is 0 Å². The van der Waals surface area contributed by atoms with Crippen molar-refractivity contribution in [3.05, 3.63) is 38.5 Å². The summed E-state index contributed by atoms with van der Waals surface area (Å²) in [5, 5.41) is 0. The van der Waals surface area contributed by atoms with Crippen molar-refractivity contribution < 1.29 is 4.74 Å². The van der Waals surface area contributed by atoms with Gasteiger partial charge < -0.3 is 10.2 Å². The molecule has 0 aliphatic rings. The molecule has 5 nitrogen and oxygen atoms in total. The van der Waals surface area contributed by atoms with Crippen LogP contribution in [0, 0.1) is 6.92 Å². The van der Waals surface area contributed by atoms with Gasteiger partial charge in [0.25, 0.3) is 0 Å². The zero-order valence-electron chi connectivity index (χ0n) is 11.8. The fourth-order valence-corrected chi connectivity index (χ4v) is 2.91. The first kappa shape index (κ1) is 16.2. The van der Waals surface area contributed by atoms with E-state index in [-0.39, 0.29) is 0 Å². The number of benzene rings is 1. The average Bonchev–Trinajstić information content (AvgIpc) is 2.45. The Morgan fingerprint density at radius 2 is 2.05 bits per heavy atom. The maximum absolute atomic E-state index is 5.91. The number of nitrogens with one attached hydrogen (secondary N) is 1. The lowest BCUT2D eigenvalue weighted by Crippen LogP contribution is -2.13. The van der Waals surface area contributed by atoms with Crippen LogP contribution in [0.1, 0.15) is 24.7 Å². The molecule has 112 valence electrons. The van der Waals surface area contributed by atoms with Crippen molar-refractivity contribution in [1.29, 1.82) is 0 Å². The Morgan fingerprint density at radius 1 is 1.29 bits per heavy atom. The van der Waals surface area contributed by atoms with Gasteiger partial charge in [-0.15, -0.1) is 0 Å². The van der Waals surface area contributed by atoms with Crippen molar-refractivity contribution in [3.63, 3.8) is 0 Å². The summed E-state index contributed by atoms with van der Waals surface area (Å²) in [4.78, 5) is 8.84. The molecule has 0 atom stereocenters. The monoisotopic (exact) mass is 414 g/mol. The lowest BCUT2D eigenvalue weighted by molar-refractivity contribution is 0.451. The topological polar surface area (TPSA) is 73.1 Å². The highest BCUT2D eigenvalue weighted by Crippen LogP contribution is 2.33. The minimum absolute atomic E-state index is 0.504. The summed E-state index contributed by atoms with van der Waals surface area (Å²) in [5.41, 5.74) is 3.36. The minimum atomic E-state index is 0.504. The molecule has 0 spiro atoms. The quantitative estimate of drug-likeness (QED) is 0.561. The van der Waals surface area contributed by atoms with E-state index >= 15 is 0 Å². The van der Waals surface area contributed by atoms with Crippen LogP contribution in [0.4, 0.5) is 5.82 Å². The maximum Gasteiger partial charge on any atom is 0.227 e. The molecule has 1 heterocycles. The fraction of sp³-hybridized carbons (Fsp3) is 0.286. The van der Waals surface area contributed by atoms with Gasteiger partial charge in [-0.1, -0.05) is 22.9 Å². The Labute approximate surface area is 140 Å². The normalized spacial score (nSPS) is 10.5. The SMILES string of the molecule is CCCc1nc(NN)c(C)c(Oc2ccc(Br)cc2Br)n1. The highest BCUT2D eigenvalue weighted by molar-refractivity contribution is 9.11. The van der Waals surface area contributed by atoms with Crippen molar-refractivity contribution in [2.45, 2.75) is 26.7 Å². The highest BCUT2D eigenvalue weighted by Gasteiger charge is 2.13. The van der Waals surface area contributed by atoms with E-state index in [1.807, 2.05) is 25.1 Å². The molecule has 21 heavy (non-hydrogen) atoms. The van der Waals surface area contributed by atoms with Gasteiger partial charge in [0.05, 0.1) is 10.0 Å². The fourth-order valence-electron chi connectivity index (χ4n) is 1.78. The van der Waals surface area contributed by atoms with Gasteiger partial charge in [0, 0.05) is 10.9 Å². The molecule has 2 aromatic rings. The smallest absolute Gasteiger partial charge is 0.227 e. The maximum atomic E-state index is 5.91. The summed E-state index contributed by atoms with van der Waals surface area (Å²) in [5.74, 6) is 7.99. The second kappa shape index (κ2) is 7.20. The standard InChI is InChI=1S/C14H16Br2N4O/c1-3-4-12-18-13(20-17)8(2)14(19-12)21-11-6-5-9(15)7-10(11)16/h5-7H,3-4,17H2,1-2H3,(H,18,19,20). The van der Waals surface area contributed by atoms with Gasteiger partial charge in [0.1, 0.15) is 17.4 Å². The van der Waals surface area contributed by atoms with Crippen molar-refractivity contribution in [2.75, 3.05) is 5.43 Å². The Hall–Kier alpha value is -1.18. The summed E-state index contributed by atoms with van der Waals surface area (Å²) < 4.78 is 7.72. The molecule has 0 aliphatic heterocycles. The van der Waals surface area contributed by atoms with E-state index in [9.17, 15) is 0 Å². The minimum Gasteiger partial charge on any atom is -0.437 e. The van der Waals surface area contributed by atoms with Crippen LogP contribution in [0.5, 0.6) is 11.6 Å². The number of anilines is 1. The lowest BCUT2D eigenvalue weighted by Gasteiger charge is -2.13. The molecule has 2 rings (SSSR count). The largest absolute Gasteiger partial charge is 0.437 e. The van der Waals surface area contributed by atoms with Crippen molar-refractivity contribution >= 4 is 37.7 Å². The molecule has 0 bridgehead atoms. The Bertz CT molecular complexity index is 649.